The van der Waals surface area contributed by atoms with Crippen molar-refractivity contribution in [3.8, 4) is 0 Å². The molecule has 0 saturated carbocycles. The number of rotatable bonds is 6. The van der Waals surface area contributed by atoms with E-state index in [0.717, 1.165) is 13.2 Å². The lowest BCUT2D eigenvalue weighted by Gasteiger charge is -2.27. The molecule has 0 amide bonds. The fourth-order valence-corrected chi connectivity index (χ4v) is 2.26. The summed E-state index contributed by atoms with van der Waals surface area (Å²) in [6.07, 6.45) is 0. The lowest BCUT2D eigenvalue weighted by molar-refractivity contribution is -0.0103. The van der Waals surface area contributed by atoms with Crippen LogP contribution in [0.1, 0.15) is 50.4 Å². The first kappa shape index (κ1) is 15.2. The Hall–Kier alpha value is -0.860. The molecule has 1 unspecified atom stereocenters. The maximum Gasteiger partial charge on any atom is 0.0750 e. The molecule has 1 atom stereocenters. The molecule has 2 nitrogen and oxygen atoms in total. The maximum atomic E-state index is 5.70. The van der Waals surface area contributed by atoms with Gasteiger partial charge in [0.25, 0.3) is 0 Å². The van der Waals surface area contributed by atoms with E-state index in [1.54, 1.807) is 0 Å². The minimum Gasteiger partial charge on any atom is -0.375 e. The van der Waals surface area contributed by atoms with E-state index in [1.165, 1.54) is 16.7 Å². The van der Waals surface area contributed by atoms with Crippen LogP contribution in [0.15, 0.2) is 18.2 Å². The van der Waals surface area contributed by atoms with Crippen LogP contribution < -0.4 is 5.32 Å². The van der Waals surface area contributed by atoms with Crippen molar-refractivity contribution in [3.63, 3.8) is 0 Å². The second kappa shape index (κ2) is 6.35. The van der Waals surface area contributed by atoms with Gasteiger partial charge in [-0.15, -0.1) is 0 Å². The van der Waals surface area contributed by atoms with Crippen molar-refractivity contribution in [2.24, 2.45) is 0 Å². The average Bonchev–Trinajstić information content (AvgIpc) is 2.26. The average molecular weight is 249 g/mol. The molecule has 0 fully saturated rings. The van der Waals surface area contributed by atoms with Crippen molar-refractivity contribution in [1.82, 2.24) is 5.32 Å². The van der Waals surface area contributed by atoms with Crippen molar-refractivity contribution in [2.75, 3.05) is 13.2 Å². The van der Waals surface area contributed by atoms with Crippen LogP contribution in [0.3, 0.4) is 0 Å². The summed E-state index contributed by atoms with van der Waals surface area (Å²) in [6, 6.07) is 6.98. The Balaban J connectivity index is 2.63. The second-order valence-electron chi connectivity index (χ2n) is 5.66. The molecule has 1 rings (SSSR count). The lowest BCUT2D eigenvalue weighted by Crippen LogP contribution is -2.38. The Morgan fingerprint density at radius 2 is 1.94 bits per heavy atom. The van der Waals surface area contributed by atoms with Crippen LogP contribution in [-0.4, -0.2) is 18.8 Å². The van der Waals surface area contributed by atoms with Gasteiger partial charge < -0.3 is 10.1 Å². The number of hydrogen-bond acceptors (Lipinski definition) is 2. The molecular formula is C16H27NO. The first-order valence-electron chi connectivity index (χ1n) is 6.80. The minimum absolute atomic E-state index is 0.110. The third-order valence-corrected chi connectivity index (χ3v) is 3.26. The van der Waals surface area contributed by atoms with Gasteiger partial charge in [0, 0.05) is 19.2 Å². The van der Waals surface area contributed by atoms with E-state index in [2.05, 4.69) is 58.1 Å². The quantitative estimate of drug-likeness (QED) is 0.828. The normalized spacial score (nSPS) is 13.7. The summed E-state index contributed by atoms with van der Waals surface area (Å²) in [6.45, 7) is 14.4. The maximum absolute atomic E-state index is 5.70. The third kappa shape index (κ3) is 4.43. The Bertz CT molecular complexity index is 385. The van der Waals surface area contributed by atoms with E-state index in [9.17, 15) is 0 Å². The predicted octanol–water partition coefficient (Wildman–Crippen LogP) is 3.77. The number of aryl methyl sites for hydroxylation is 2. The summed E-state index contributed by atoms with van der Waals surface area (Å²) in [5.74, 6) is 0. The summed E-state index contributed by atoms with van der Waals surface area (Å²) >= 11 is 0. The van der Waals surface area contributed by atoms with Gasteiger partial charge in [0.1, 0.15) is 0 Å². The van der Waals surface area contributed by atoms with Crippen molar-refractivity contribution in [3.05, 3.63) is 34.9 Å². The second-order valence-corrected chi connectivity index (χ2v) is 5.66. The lowest BCUT2D eigenvalue weighted by atomic mass is 9.99. The highest BCUT2D eigenvalue weighted by molar-refractivity contribution is 5.32. The fourth-order valence-electron chi connectivity index (χ4n) is 2.26. The van der Waals surface area contributed by atoms with Crippen molar-refractivity contribution >= 4 is 0 Å². The van der Waals surface area contributed by atoms with Crippen LogP contribution in [0.25, 0.3) is 0 Å². The zero-order valence-electron chi connectivity index (χ0n) is 12.6. The molecule has 0 radical (unpaired) electrons. The van der Waals surface area contributed by atoms with Crippen LogP contribution in [0.2, 0.25) is 0 Å². The van der Waals surface area contributed by atoms with Crippen LogP contribution in [0, 0.1) is 13.8 Å². The molecule has 0 aliphatic heterocycles. The molecule has 1 N–H and O–H groups in total. The molecule has 0 spiro atoms. The summed E-state index contributed by atoms with van der Waals surface area (Å²) in [4.78, 5) is 0. The molecule has 2 heteroatoms. The molecule has 0 bridgehead atoms. The summed E-state index contributed by atoms with van der Waals surface area (Å²) in [7, 11) is 0. The number of ether oxygens (including phenoxy) is 1. The molecule has 102 valence electrons. The monoisotopic (exact) mass is 249 g/mol. The molecule has 1 aromatic rings. The van der Waals surface area contributed by atoms with Crippen LogP contribution in [-0.2, 0) is 4.74 Å². The molecule has 0 aliphatic carbocycles. The van der Waals surface area contributed by atoms with Gasteiger partial charge in [0.2, 0.25) is 0 Å². The highest BCUT2D eigenvalue weighted by atomic mass is 16.5. The van der Waals surface area contributed by atoms with Gasteiger partial charge in [-0.25, -0.2) is 0 Å². The van der Waals surface area contributed by atoms with Gasteiger partial charge >= 0.3 is 0 Å². The smallest absolute Gasteiger partial charge is 0.0750 e. The van der Waals surface area contributed by atoms with E-state index in [1.807, 2.05) is 6.92 Å². The largest absolute Gasteiger partial charge is 0.375 e. The zero-order valence-corrected chi connectivity index (χ0v) is 12.6. The predicted molar refractivity (Wildman–Crippen MR) is 78.0 cm³/mol. The minimum atomic E-state index is -0.110. The van der Waals surface area contributed by atoms with Gasteiger partial charge in [-0.1, -0.05) is 23.8 Å². The topological polar surface area (TPSA) is 21.3 Å². The Morgan fingerprint density at radius 3 is 2.50 bits per heavy atom. The van der Waals surface area contributed by atoms with E-state index in [0.29, 0.717) is 6.04 Å². The van der Waals surface area contributed by atoms with Gasteiger partial charge in [-0.05, 0) is 52.7 Å². The van der Waals surface area contributed by atoms with Gasteiger partial charge in [-0.2, -0.15) is 0 Å². The highest BCUT2D eigenvalue weighted by Crippen LogP contribution is 2.19. The number of nitrogens with one attached hydrogen (secondary N) is 1. The first-order chi connectivity index (χ1) is 8.35. The van der Waals surface area contributed by atoms with E-state index in [4.69, 9.17) is 4.74 Å². The third-order valence-electron chi connectivity index (χ3n) is 3.26. The number of benzene rings is 1. The molecule has 0 saturated heterocycles. The van der Waals surface area contributed by atoms with E-state index < -0.39 is 0 Å². The van der Waals surface area contributed by atoms with Gasteiger partial charge in [-0.3, -0.25) is 0 Å². The van der Waals surface area contributed by atoms with Crippen LogP contribution in [0.4, 0.5) is 0 Å². The molecular weight excluding hydrogens is 222 g/mol. The van der Waals surface area contributed by atoms with Crippen molar-refractivity contribution in [1.29, 1.82) is 0 Å². The Labute approximate surface area is 112 Å². The highest BCUT2D eigenvalue weighted by Gasteiger charge is 2.19. The molecule has 1 aromatic carbocycles. The number of hydrogen-bond donors (Lipinski definition) is 1. The fraction of sp³-hybridized carbons (Fsp3) is 0.625. The molecule has 0 aromatic heterocycles. The zero-order chi connectivity index (χ0) is 13.8. The SMILES string of the molecule is CCOC(C)(C)CNC(C)c1ccc(C)cc1C. The summed E-state index contributed by atoms with van der Waals surface area (Å²) < 4.78 is 5.70. The van der Waals surface area contributed by atoms with Crippen LogP contribution in [0.5, 0.6) is 0 Å². The standard InChI is InChI=1S/C16H27NO/c1-7-18-16(5,6)11-17-14(4)15-9-8-12(2)10-13(15)3/h8-10,14,17H,7,11H2,1-6H3. The molecule has 0 aliphatic rings. The Morgan fingerprint density at radius 1 is 1.28 bits per heavy atom. The van der Waals surface area contributed by atoms with Gasteiger partial charge in [0.15, 0.2) is 0 Å². The summed E-state index contributed by atoms with van der Waals surface area (Å²) in [5, 5.41) is 3.56. The Kier molecular flexibility index (Phi) is 5.36. The molecule has 18 heavy (non-hydrogen) atoms. The van der Waals surface area contributed by atoms with Gasteiger partial charge in [0.05, 0.1) is 5.60 Å². The molecule has 0 heterocycles. The van der Waals surface area contributed by atoms with E-state index in [-0.39, 0.29) is 5.60 Å². The van der Waals surface area contributed by atoms with E-state index >= 15 is 0 Å². The summed E-state index contributed by atoms with van der Waals surface area (Å²) in [5.41, 5.74) is 3.93. The van der Waals surface area contributed by atoms with Crippen molar-refractivity contribution in [2.45, 2.75) is 53.2 Å². The first-order valence-corrected chi connectivity index (χ1v) is 6.80. The van der Waals surface area contributed by atoms with Crippen LogP contribution >= 0.6 is 0 Å². The van der Waals surface area contributed by atoms with Crippen molar-refractivity contribution < 1.29 is 4.74 Å².